The summed E-state index contributed by atoms with van der Waals surface area (Å²) in [6.07, 6.45) is 13.4. The molecule has 0 aromatic heterocycles. The van der Waals surface area contributed by atoms with Crippen LogP contribution in [0.1, 0.15) is 39.5 Å². The van der Waals surface area contributed by atoms with Gasteiger partial charge in [-0.05, 0) is 24.8 Å². The summed E-state index contributed by atoms with van der Waals surface area (Å²) in [6.45, 7) is 9.50. The van der Waals surface area contributed by atoms with Gasteiger partial charge < -0.3 is 5.32 Å². The predicted molar refractivity (Wildman–Crippen MR) is 72.3 cm³/mol. The molecular formula is C15H23N. The van der Waals surface area contributed by atoms with E-state index in [1.54, 1.807) is 0 Å². The molecule has 1 heteroatoms. The lowest BCUT2D eigenvalue weighted by molar-refractivity contribution is 0.718. The van der Waals surface area contributed by atoms with Crippen molar-refractivity contribution >= 4 is 0 Å². The SMILES string of the molecule is C=C(NCCCC)C1=CC=C(CC)CC=C1. The van der Waals surface area contributed by atoms with Crippen LogP contribution in [0.4, 0.5) is 0 Å². The average molecular weight is 217 g/mol. The van der Waals surface area contributed by atoms with Gasteiger partial charge in [0.15, 0.2) is 0 Å². The van der Waals surface area contributed by atoms with Crippen molar-refractivity contribution in [2.75, 3.05) is 6.54 Å². The third kappa shape index (κ3) is 4.09. The number of hydrogen-bond acceptors (Lipinski definition) is 1. The van der Waals surface area contributed by atoms with Gasteiger partial charge >= 0.3 is 0 Å². The van der Waals surface area contributed by atoms with E-state index in [2.05, 4.69) is 50.0 Å². The summed E-state index contributed by atoms with van der Waals surface area (Å²) in [5.41, 5.74) is 3.73. The maximum absolute atomic E-state index is 4.08. The van der Waals surface area contributed by atoms with Gasteiger partial charge in [0.25, 0.3) is 0 Å². The van der Waals surface area contributed by atoms with Crippen molar-refractivity contribution in [2.24, 2.45) is 0 Å². The Kier molecular flexibility index (Phi) is 5.69. The Bertz CT molecular complexity index is 318. The molecule has 88 valence electrons. The van der Waals surface area contributed by atoms with Crippen LogP contribution in [0.5, 0.6) is 0 Å². The van der Waals surface area contributed by atoms with Crippen molar-refractivity contribution in [2.45, 2.75) is 39.5 Å². The molecule has 0 aliphatic heterocycles. The highest BCUT2D eigenvalue weighted by Crippen LogP contribution is 2.16. The number of rotatable bonds is 6. The van der Waals surface area contributed by atoms with Crippen LogP contribution >= 0.6 is 0 Å². The highest BCUT2D eigenvalue weighted by molar-refractivity contribution is 5.42. The summed E-state index contributed by atoms with van der Waals surface area (Å²) in [6, 6.07) is 0. The summed E-state index contributed by atoms with van der Waals surface area (Å²) in [5.74, 6) is 0. The van der Waals surface area contributed by atoms with Gasteiger partial charge in [-0.1, -0.05) is 56.7 Å². The number of allylic oxidation sites excluding steroid dienone is 5. The van der Waals surface area contributed by atoms with Gasteiger partial charge in [-0.25, -0.2) is 0 Å². The van der Waals surface area contributed by atoms with E-state index >= 15 is 0 Å². The fourth-order valence-corrected chi connectivity index (χ4v) is 1.65. The Morgan fingerprint density at radius 2 is 2.19 bits per heavy atom. The topological polar surface area (TPSA) is 12.0 Å². The van der Waals surface area contributed by atoms with Crippen molar-refractivity contribution in [3.63, 3.8) is 0 Å². The third-order valence-corrected chi connectivity index (χ3v) is 2.85. The molecule has 0 atom stereocenters. The van der Waals surface area contributed by atoms with E-state index in [4.69, 9.17) is 0 Å². The van der Waals surface area contributed by atoms with Crippen LogP contribution in [0.2, 0.25) is 0 Å². The van der Waals surface area contributed by atoms with Gasteiger partial charge in [-0.3, -0.25) is 0 Å². The first-order chi connectivity index (χ1) is 7.77. The Hall–Kier alpha value is -1.24. The van der Waals surface area contributed by atoms with Crippen LogP contribution in [0.15, 0.2) is 47.7 Å². The van der Waals surface area contributed by atoms with E-state index in [-0.39, 0.29) is 0 Å². The molecule has 16 heavy (non-hydrogen) atoms. The highest BCUT2D eigenvalue weighted by Gasteiger charge is 2.01. The standard InChI is InChI=1S/C15H23N/c1-4-6-12-16-13(3)15-9-7-8-14(5-2)10-11-15/h7,9-11,16H,3-6,8,12H2,1-2H3. The minimum absolute atomic E-state index is 1.02. The molecule has 0 saturated heterocycles. The number of nitrogens with one attached hydrogen (secondary N) is 1. The molecule has 0 unspecified atom stereocenters. The lowest BCUT2D eigenvalue weighted by atomic mass is 10.1. The molecule has 0 amide bonds. The van der Waals surface area contributed by atoms with Crippen molar-refractivity contribution < 1.29 is 0 Å². The summed E-state index contributed by atoms with van der Waals surface area (Å²) in [5, 5.41) is 3.37. The molecule has 1 aliphatic carbocycles. The van der Waals surface area contributed by atoms with Crippen molar-refractivity contribution in [1.29, 1.82) is 0 Å². The van der Waals surface area contributed by atoms with Gasteiger partial charge in [-0.15, -0.1) is 0 Å². The van der Waals surface area contributed by atoms with E-state index in [9.17, 15) is 0 Å². The van der Waals surface area contributed by atoms with Crippen molar-refractivity contribution in [3.8, 4) is 0 Å². The van der Waals surface area contributed by atoms with Crippen LogP contribution in [-0.2, 0) is 0 Å². The zero-order valence-electron chi connectivity index (χ0n) is 10.6. The van der Waals surface area contributed by atoms with Gasteiger partial charge in [0.2, 0.25) is 0 Å². The maximum atomic E-state index is 4.08. The molecule has 0 saturated carbocycles. The van der Waals surface area contributed by atoms with Crippen LogP contribution in [0.25, 0.3) is 0 Å². The smallest absolute Gasteiger partial charge is 0.0340 e. The second-order valence-electron chi connectivity index (χ2n) is 4.17. The van der Waals surface area contributed by atoms with E-state index in [0.29, 0.717) is 0 Å². The van der Waals surface area contributed by atoms with Crippen molar-refractivity contribution in [3.05, 3.63) is 47.7 Å². The first kappa shape index (κ1) is 12.8. The molecule has 1 aliphatic rings. The Balaban J connectivity index is 2.55. The monoisotopic (exact) mass is 217 g/mol. The molecule has 1 rings (SSSR count). The Labute approximate surface area is 99.6 Å². The Morgan fingerprint density at radius 3 is 2.88 bits per heavy atom. The first-order valence-electron chi connectivity index (χ1n) is 6.27. The zero-order chi connectivity index (χ0) is 11.8. The normalized spacial score (nSPS) is 15.1. The number of hydrogen-bond donors (Lipinski definition) is 1. The molecule has 0 aromatic carbocycles. The lowest BCUT2D eigenvalue weighted by Crippen LogP contribution is -2.14. The average Bonchev–Trinajstić information content (AvgIpc) is 2.54. The molecule has 1 nitrogen and oxygen atoms in total. The van der Waals surface area contributed by atoms with E-state index < -0.39 is 0 Å². The molecular weight excluding hydrogens is 194 g/mol. The zero-order valence-corrected chi connectivity index (χ0v) is 10.6. The fraction of sp³-hybridized carbons (Fsp3) is 0.467. The van der Waals surface area contributed by atoms with Crippen LogP contribution < -0.4 is 5.32 Å². The molecule has 0 heterocycles. The third-order valence-electron chi connectivity index (χ3n) is 2.85. The first-order valence-corrected chi connectivity index (χ1v) is 6.27. The summed E-state index contributed by atoms with van der Waals surface area (Å²) >= 11 is 0. The van der Waals surface area contributed by atoms with Gasteiger partial charge in [0.1, 0.15) is 0 Å². The predicted octanol–water partition coefficient (Wildman–Crippen LogP) is 4.11. The molecule has 0 radical (unpaired) electrons. The largest absolute Gasteiger partial charge is 0.385 e. The second kappa shape index (κ2) is 7.10. The molecule has 1 N–H and O–H groups in total. The summed E-state index contributed by atoms with van der Waals surface area (Å²) < 4.78 is 0. The van der Waals surface area contributed by atoms with E-state index in [1.807, 2.05) is 0 Å². The fourth-order valence-electron chi connectivity index (χ4n) is 1.65. The summed E-state index contributed by atoms with van der Waals surface area (Å²) in [4.78, 5) is 0. The van der Waals surface area contributed by atoms with Crippen LogP contribution in [0, 0.1) is 0 Å². The second-order valence-corrected chi connectivity index (χ2v) is 4.17. The quantitative estimate of drug-likeness (QED) is 0.660. The number of unbranched alkanes of at least 4 members (excludes halogenated alkanes) is 1. The minimum atomic E-state index is 1.02. The minimum Gasteiger partial charge on any atom is -0.385 e. The van der Waals surface area contributed by atoms with Gasteiger partial charge in [0, 0.05) is 12.2 Å². The lowest BCUT2D eigenvalue weighted by Gasteiger charge is -2.09. The molecule has 0 bridgehead atoms. The molecule has 0 aromatic rings. The van der Waals surface area contributed by atoms with E-state index in [1.165, 1.54) is 24.0 Å². The van der Waals surface area contributed by atoms with Gasteiger partial charge in [0.05, 0.1) is 0 Å². The van der Waals surface area contributed by atoms with E-state index in [0.717, 1.165) is 25.1 Å². The van der Waals surface area contributed by atoms with Gasteiger partial charge in [-0.2, -0.15) is 0 Å². The Morgan fingerprint density at radius 1 is 1.38 bits per heavy atom. The highest BCUT2D eigenvalue weighted by atomic mass is 14.9. The maximum Gasteiger partial charge on any atom is 0.0340 e. The molecule has 0 fully saturated rings. The van der Waals surface area contributed by atoms with Crippen LogP contribution in [-0.4, -0.2) is 6.54 Å². The van der Waals surface area contributed by atoms with Crippen molar-refractivity contribution in [1.82, 2.24) is 5.32 Å². The summed E-state index contributed by atoms with van der Waals surface area (Å²) in [7, 11) is 0. The molecule has 0 spiro atoms. The van der Waals surface area contributed by atoms with Crippen LogP contribution in [0.3, 0.4) is 0 Å².